The SMILES string of the molecule is COC.COC(C)=O.Cc1cc(=O)oc2cc(NC(=O)OCc3ccc(NC=O)cc3)ccc12. The van der Waals surface area contributed by atoms with E-state index in [1.54, 1.807) is 56.7 Å². The smallest absolute Gasteiger partial charge is 0.411 e. The second-order valence-corrected chi connectivity index (χ2v) is 6.72. The number of esters is 1. The molecule has 34 heavy (non-hydrogen) atoms. The Morgan fingerprint density at radius 1 is 1.00 bits per heavy atom. The van der Waals surface area contributed by atoms with Crippen molar-refractivity contribution in [3.63, 3.8) is 0 Å². The van der Waals surface area contributed by atoms with Crippen molar-refractivity contribution >= 4 is 40.8 Å². The summed E-state index contributed by atoms with van der Waals surface area (Å²) in [6.07, 6.45) is -0.0408. The van der Waals surface area contributed by atoms with Gasteiger partial charge < -0.3 is 23.9 Å². The van der Waals surface area contributed by atoms with E-state index in [9.17, 15) is 19.2 Å². The second kappa shape index (κ2) is 14.8. The standard InChI is InChI=1S/C19H16N2O5.C3H6O2.C2H6O/c1-12-8-18(23)26-17-9-15(6-7-16(12)17)21-19(24)25-10-13-2-4-14(5-3-13)20-11-22;1-3(4)5-2;1-3-2/h2-9,11H,10H2,1H3,(H,20,22)(H,21,24);1-2H3;1-2H3. The first-order valence-electron chi connectivity index (χ1n) is 9.96. The van der Waals surface area contributed by atoms with Crippen LogP contribution in [0.1, 0.15) is 18.1 Å². The van der Waals surface area contributed by atoms with E-state index < -0.39 is 11.7 Å². The Bertz CT molecular complexity index is 1140. The van der Waals surface area contributed by atoms with Gasteiger partial charge in [-0.05, 0) is 42.3 Å². The largest absolute Gasteiger partial charge is 0.469 e. The van der Waals surface area contributed by atoms with Crippen LogP contribution in [-0.4, -0.2) is 39.8 Å². The monoisotopic (exact) mass is 472 g/mol. The van der Waals surface area contributed by atoms with Gasteiger partial charge in [0.15, 0.2) is 0 Å². The van der Waals surface area contributed by atoms with Crippen molar-refractivity contribution in [3.05, 3.63) is 70.1 Å². The molecule has 10 heteroatoms. The first-order valence-corrected chi connectivity index (χ1v) is 9.96. The molecule has 0 bridgehead atoms. The van der Waals surface area contributed by atoms with Crippen molar-refractivity contribution in [2.75, 3.05) is 32.0 Å². The molecule has 1 aromatic heterocycles. The van der Waals surface area contributed by atoms with E-state index >= 15 is 0 Å². The third kappa shape index (κ3) is 9.96. The van der Waals surface area contributed by atoms with E-state index in [4.69, 9.17) is 9.15 Å². The zero-order valence-electron chi connectivity index (χ0n) is 19.7. The van der Waals surface area contributed by atoms with Gasteiger partial charge in [0.25, 0.3) is 0 Å². The van der Waals surface area contributed by atoms with Gasteiger partial charge in [-0.2, -0.15) is 0 Å². The summed E-state index contributed by atoms with van der Waals surface area (Å²) >= 11 is 0. The highest BCUT2D eigenvalue weighted by molar-refractivity contribution is 5.89. The Labute approximate surface area is 196 Å². The number of benzene rings is 2. The zero-order valence-corrected chi connectivity index (χ0v) is 19.7. The predicted octanol–water partition coefficient (Wildman–Crippen LogP) is 3.86. The Kier molecular flexibility index (Phi) is 12.1. The molecule has 1 heterocycles. The minimum atomic E-state index is -0.630. The first kappa shape index (κ1) is 27.9. The highest BCUT2D eigenvalue weighted by Gasteiger charge is 2.07. The molecule has 0 atom stereocenters. The van der Waals surface area contributed by atoms with Gasteiger partial charge in [0.05, 0.1) is 7.11 Å². The molecule has 3 rings (SSSR count). The van der Waals surface area contributed by atoms with Gasteiger partial charge >= 0.3 is 17.7 Å². The van der Waals surface area contributed by atoms with Crippen molar-refractivity contribution in [3.8, 4) is 0 Å². The lowest BCUT2D eigenvalue weighted by molar-refractivity contribution is -0.137. The van der Waals surface area contributed by atoms with E-state index in [0.29, 0.717) is 23.4 Å². The zero-order chi connectivity index (χ0) is 25.5. The molecule has 10 nitrogen and oxygen atoms in total. The fourth-order valence-corrected chi connectivity index (χ4v) is 2.47. The van der Waals surface area contributed by atoms with Gasteiger partial charge in [-0.15, -0.1) is 0 Å². The Morgan fingerprint density at radius 2 is 1.59 bits per heavy atom. The van der Waals surface area contributed by atoms with E-state index in [2.05, 4.69) is 20.1 Å². The van der Waals surface area contributed by atoms with Crippen LogP contribution in [0.3, 0.4) is 0 Å². The topological polar surface area (TPSA) is 133 Å². The second-order valence-electron chi connectivity index (χ2n) is 6.72. The molecule has 2 N–H and O–H groups in total. The fraction of sp³-hybridized carbons (Fsp3) is 0.250. The summed E-state index contributed by atoms with van der Waals surface area (Å²) in [4.78, 5) is 43.3. The highest BCUT2D eigenvalue weighted by atomic mass is 16.5. The Hall–Kier alpha value is -4.18. The molecule has 0 saturated carbocycles. The number of carbonyl (C=O) groups is 3. The molecule has 2 aromatic carbocycles. The van der Waals surface area contributed by atoms with Crippen molar-refractivity contribution in [1.82, 2.24) is 0 Å². The van der Waals surface area contributed by atoms with E-state index in [-0.39, 0.29) is 12.6 Å². The molecule has 0 fully saturated rings. The Balaban J connectivity index is 0.000000629. The molecular weight excluding hydrogens is 444 g/mol. The van der Waals surface area contributed by atoms with E-state index in [1.807, 2.05) is 6.92 Å². The maximum atomic E-state index is 11.9. The van der Waals surface area contributed by atoms with Crippen LogP contribution in [0.4, 0.5) is 16.2 Å². The number of nitrogens with one attached hydrogen (secondary N) is 2. The lowest BCUT2D eigenvalue weighted by Gasteiger charge is -2.08. The van der Waals surface area contributed by atoms with Crippen molar-refractivity contribution in [2.24, 2.45) is 0 Å². The molecule has 0 radical (unpaired) electrons. The minimum Gasteiger partial charge on any atom is -0.469 e. The molecule has 182 valence electrons. The summed E-state index contributed by atoms with van der Waals surface area (Å²) in [5, 5.41) is 5.91. The molecule has 2 amide bonds. The summed E-state index contributed by atoms with van der Waals surface area (Å²) in [7, 11) is 4.60. The van der Waals surface area contributed by atoms with Crippen LogP contribution >= 0.6 is 0 Å². The lowest BCUT2D eigenvalue weighted by Crippen LogP contribution is -2.13. The van der Waals surface area contributed by atoms with Crippen molar-refractivity contribution in [2.45, 2.75) is 20.5 Å². The number of rotatable bonds is 5. The molecule has 0 aliphatic rings. The van der Waals surface area contributed by atoms with Crippen LogP contribution in [0.5, 0.6) is 0 Å². The van der Waals surface area contributed by atoms with Crippen LogP contribution in [0, 0.1) is 6.92 Å². The van der Waals surface area contributed by atoms with Crippen LogP contribution in [0.25, 0.3) is 11.0 Å². The highest BCUT2D eigenvalue weighted by Crippen LogP contribution is 2.21. The summed E-state index contributed by atoms with van der Waals surface area (Å²) in [5.74, 6) is -0.245. The van der Waals surface area contributed by atoms with Crippen molar-refractivity contribution < 1.29 is 33.0 Å². The van der Waals surface area contributed by atoms with Gasteiger partial charge in [0.1, 0.15) is 12.2 Å². The first-order chi connectivity index (χ1) is 16.2. The normalized spacial score (nSPS) is 9.44. The number of hydrogen-bond donors (Lipinski definition) is 2. The molecule has 0 unspecified atom stereocenters. The Morgan fingerprint density at radius 3 is 2.15 bits per heavy atom. The maximum Gasteiger partial charge on any atom is 0.411 e. The fourth-order valence-electron chi connectivity index (χ4n) is 2.47. The number of ether oxygens (including phenoxy) is 3. The molecule has 0 spiro atoms. The number of methoxy groups -OCH3 is 2. The van der Waals surface area contributed by atoms with Gasteiger partial charge in [-0.25, -0.2) is 9.59 Å². The van der Waals surface area contributed by atoms with E-state index in [0.717, 1.165) is 16.5 Å². The molecule has 0 saturated heterocycles. The number of fused-ring (bicyclic) bond motifs is 1. The van der Waals surface area contributed by atoms with Crippen LogP contribution in [-0.2, 0) is 30.4 Å². The van der Waals surface area contributed by atoms with Gasteiger partial charge in [0.2, 0.25) is 6.41 Å². The summed E-state index contributed by atoms with van der Waals surface area (Å²) in [5.41, 5.74) is 2.64. The third-order valence-corrected chi connectivity index (χ3v) is 4.03. The number of hydrogen-bond acceptors (Lipinski definition) is 8. The van der Waals surface area contributed by atoms with Crippen molar-refractivity contribution in [1.29, 1.82) is 0 Å². The van der Waals surface area contributed by atoms with Gasteiger partial charge in [-0.1, -0.05) is 12.1 Å². The molecular formula is C24H28N2O8. The maximum absolute atomic E-state index is 11.9. The molecule has 0 aliphatic heterocycles. The lowest BCUT2D eigenvalue weighted by atomic mass is 10.1. The quantitative estimate of drug-likeness (QED) is 0.325. The number of aryl methyl sites for hydroxylation is 1. The van der Waals surface area contributed by atoms with Crippen LogP contribution in [0.15, 0.2) is 57.7 Å². The van der Waals surface area contributed by atoms with E-state index in [1.165, 1.54) is 20.1 Å². The average Bonchev–Trinajstić information content (AvgIpc) is 2.79. The van der Waals surface area contributed by atoms with Crippen LogP contribution in [0.2, 0.25) is 0 Å². The predicted molar refractivity (Wildman–Crippen MR) is 128 cm³/mol. The molecule has 3 aromatic rings. The van der Waals surface area contributed by atoms with Gasteiger partial charge in [0, 0.05) is 50.0 Å². The number of amides is 2. The third-order valence-electron chi connectivity index (χ3n) is 4.03. The molecule has 0 aliphatic carbocycles. The number of carbonyl (C=O) groups excluding carboxylic acids is 3. The summed E-state index contributed by atoms with van der Waals surface area (Å²) < 4.78 is 18.7. The minimum absolute atomic E-state index is 0.0783. The van der Waals surface area contributed by atoms with Crippen LogP contribution < -0.4 is 16.3 Å². The summed E-state index contributed by atoms with van der Waals surface area (Å²) in [6.45, 7) is 3.26. The summed E-state index contributed by atoms with van der Waals surface area (Å²) in [6, 6.07) is 13.4. The number of anilines is 2. The average molecular weight is 472 g/mol. The van der Waals surface area contributed by atoms with Gasteiger partial charge in [-0.3, -0.25) is 14.9 Å².